The lowest BCUT2D eigenvalue weighted by Crippen LogP contribution is -2.48. The van der Waals surface area contributed by atoms with Crippen LogP contribution in [-0.4, -0.2) is 71.9 Å². The predicted molar refractivity (Wildman–Crippen MR) is 115 cm³/mol. The number of likely N-dealkylation sites (tertiary alicyclic amines) is 1. The normalized spacial score (nSPS) is 23.0. The number of hydrogen-bond acceptors (Lipinski definition) is 5. The fraction of sp³-hybridized carbons (Fsp3) is 0.500. The van der Waals surface area contributed by atoms with Gasteiger partial charge in [0.1, 0.15) is 0 Å². The largest absolute Gasteiger partial charge is 0.368 e. The summed E-state index contributed by atoms with van der Waals surface area (Å²) in [5.41, 5.74) is 2.09. The van der Waals surface area contributed by atoms with Crippen LogP contribution in [0.2, 0.25) is 10.0 Å². The number of amides is 1. The Morgan fingerprint density at radius 2 is 1.93 bits per heavy atom. The number of benzene rings is 1. The number of nitrogens with zero attached hydrogens (tertiary/aromatic N) is 3. The van der Waals surface area contributed by atoms with E-state index in [1.54, 1.807) is 12.1 Å². The molecule has 4 rings (SSSR count). The number of carbonyl (C=O) groups is 2. The third-order valence-electron chi connectivity index (χ3n) is 5.65. The molecule has 0 N–H and O–H groups in total. The van der Waals surface area contributed by atoms with Crippen LogP contribution < -0.4 is 4.90 Å². The molecule has 8 heteroatoms. The van der Waals surface area contributed by atoms with E-state index in [0.29, 0.717) is 28.3 Å². The average molecular weight is 440 g/mol. The summed E-state index contributed by atoms with van der Waals surface area (Å²) in [6.45, 7) is 5.66. The molecule has 2 fully saturated rings. The highest BCUT2D eigenvalue weighted by atomic mass is 35.5. The van der Waals surface area contributed by atoms with Crippen LogP contribution >= 0.6 is 35.0 Å². The molecular weight excluding hydrogens is 417 g/mol. The van der Waals surface area contributed by atoms with Crippen LogP contribution in [0, 0.1) is 0 Å². The zero-order valence-corrected chi connectivity index (χ0v) is 17.9. The first-order chi connectivity index (χ1) is 13.5. The van der Waals surface area contributed by atoms with E-state index in [0.717, 1.165) is 56.9 Å². The first kappa shape index (κ1) is 20.1. The standard InChI is InChI=1S/C20H23Cl2N3O2S/c21-15-2-1-3-16(20(15)22)24-10-8-23(9-11-24)6-5-18(26)25-7-4-17-14(13-25)12-19(27)28-17/h1-3,12,17H,4-11,13H2. The molecule has 0 radical (unpaired) electrons. The second-order valence-electron chi connectivity index (χ2n) is 7.40. The number of hydrogen-bond donors (Lipinski definition) is 0. The summed E-state index contributed by atoms with van der Waals surface area (Å²) in [6, 6.07) is 5.72. The van der Waals surface area contributed by atoms with Gasteiger partial charge >= 0.3 is 0 Å². The Bertz CT molecular complexity index is 809. The van der Waals surface area contributed by atoms with E-state index in [4.69, 9.17) is 23.2 Å². The molecule has 1 aromatic carbocycles. The lowest BCUT2D eigenvalue weighted by atomic mass is 10.0. The third-order valence-corrected chi connectivity index (χ3v) is 7.63. The van der Waals surface area contributed by atoms with Crippen molar-refractivity contribution in [3.05, 3.63) is 39.9 Å². The second-order valence-corrected chi connectivity index (χ2v) is 9.39. The Morgan fingerprint density at radius 1 is 1.14 bits per heavy atom. The number of thioether (sulfide) groups is 1. The van der Waals surface area contributed by atoms with E-state index in [2.05, 4.69) is 9.80 Å². The van der Waals surface area contributed by atoms with E-state index in [9.17, 15) is 9.59 Å². The summed E-state index contributed by atoms with van der Waals surface area (Å²) >= 11 is 13.9. The zero-order chi connectivity index (χ0) is 19.7. The van der Waals surface area contributed by atoms with Gasteiger partial charge in [0, 0.05) is 57.5 Å². The van der Waals surface area contributed by atoms with Gasteiger partial charge in [0.05, 0.1) is 15.7 Å². The van der Waals surface area contributed by atoms with Crippen LogP contribution in [-0.2, 0) is 9.59 Å². The van der Waals surface area contributed by atoms with Crippen molar-refractivity contribution in [2.45, 2.75) is 18.1 Å². The summed E-state index contributed by atoms with van der Waals surface area (Å²) in [7, 11) is 0. The van der Waals surface area contributed by atoms with Crippen molar-refractivity contribution in [3.8, 4) is 0 Å². The van der Waals surface area contributed by atoms with Gasteiger partial charge in [-0.3, -0.25) is 14.5 Å². The number of carbonyl (C=O) groups excluding carboxylic acids is 2. The first-order valence-electron chi connectivity index (χ1n) is 9.61. The SMILES string of the molecule is O=C1C=C2CN(C(=O)CCN3CCN(c4cccc(Cl)c4Cl)CC3)CCC2S1. The molecule has 0 aliphatic carbocycles. The molecule has 1 amide bonds. The van der Waals surface area contributed by atoms with Gasteiger partial charge in [-0.25, -0.2) is 0 Å². The van der Waals surface area contributed by atoms with E-state index in [1.165, 1.54) is 11.8 Å². The topological polar surface area (TPSA) is 43.9 Å². The van der Waals surface area contributed by atoms with Gasteiger partial charge in [0.2, 0.25) is 11.0 Å². The van der Waals surface area contributed by atoms with Crippen molar-refractivity contribution < 1.29 is 9.59 Å². The van der Waals surface area contributed by atoms with Gasteiger partial charge in [0.25, 0.3) is 0 Å². The van der Waals surface area contributed by atoms with Crippen LogP contribution in [0.25, 0.3) is 0 Å². The number of halogens is 2. The quantitative estimate of drug-likeness (QED) is 0.719. The number of rotatable bonds is 4. The summed E-state index contributed by atoms with van der Waals surface area (Å²) in [6.07, 6.45) is 3.12. The van der Waals surface area contributed by atoms with E-state index in [-0.39, 0.29) is 11.0 Å². The minimum Gasteiger partial charge on any atom is -0.368 e. The zero-order valence-electron chi connectivity index (χ0n) is 15.6. The van der Waals surface area contributed by atoms with Crippen LogP contribution in [0.3, 0.4) is 0 Å². The van der Waals surface area contributed by atoms with Crippen molar-refractivity contribution in [3.63, 3.8) is 0 Å². The molecule has 0 spiro atoms. The monoisotopic (exact) mass is 439 g/mol. The molecule has 1 unspecified atom stereocenters. The first-order valence-corrected chi connectivity index (χ1v) is 11.2. The van der Waals surface area contributed by atoms with E-state index >= 15 is 0 Å². The molecule has 3 aliphatic rings. The minimum atomic E-state index is 0.131. The minimum absolute atomic E-state index is 0.131. The molecule has 150 valence electrons. The van der Waals surface area contributed by atoms with Crippen molar-refractivity contribution in [1.29, 1.82) is 0 Å². The van der Waals surface area contributed by atoms with Gasteiger partial charge < -0.3 is 9.80 Å². The highest BCUT2D eigenvalue weighted by molar-refractivity contribution is 8.15. The number of anilines is 1. The van der Waals surface area contributed by atoms with E-state index < -0.39 is 0 Å². The summed E-state index contributed by atoms with van der Waals surface area (Å²) < 4.78 is 0. The molecule has 0 aromatic heterocycles. The molecule has 1 aromatic rings. The molecule has 3 aliphatic heterocycles. The average Bonchev–Trinajstić information content (AvgIpc) is 3.08. The highest BCUT2D eigenvalue weighted by Gasteiger charge is 2.32. The number of fused-ring (bicyclic) bond motifs is 1. The lowest BCUT2D eigenvalue weighted by Gasteiger charge is -2.37. The molecule has 2 saturated heterocycles. The molecule has 5 nitrogen and oxygen atoms in total. The fourth-order valence-corrected chi connectivity index (χ4v) is 5.46. The lowest BCUT2D eigenvalue weighted by molar-refractivity contribution is -0.131. The Hall–Kier alpha value is -1.21. The summed E-state index contributed by atoms with van der Waals surface area (Å²) in [5, 5.41) is 1.61. The Labute approximate surface area is 179 Å². The number of piperidine rings is 1. The van der Waals surface area contributed by atoms with Crippen LogP contribution in [0.1, 0.15) is 12.8 Å². The Morgan fingerprint density at radius 3 is 2.71 bits per heavy atom. The van der Waals surface area contributed by atoms with Crippen molar-refractivity contribution >= 4 is 51.7 Å². The van der Waals surface area contributed by atoms with Gasteiger partial charge in [-0.15, -0.1) is 0 Å². The molecular formula is C20H23Cl2N3O2S. The van der Waals surface area contributed by atoms with Gasteiger partial charge in [-0.1, -0.05) is 41.0 Å². The maximum absolute atomic E-state index is 12.6. The maximum atomic E-state index is 12.6. The molecule has 0 saturated carbocycles. The van der Waals surface area contributed by atoms with Crippen molar-refractivity contribution in [1.82, 2.24) is 9.80 Å². The van der Waals surface area contributed by atoms with Gasteiger partial charge in [-0.2, -0.15) is 0 Å². The smallest absolute Gasteiger partial charge is 0.224 e. The van der Waals surface area contributed by atoms with Gasteiger partial charge in [0.15, 0.2) is 0 Å². The summed E-state index contributed by atoms with van der Waals surface area (Å²) in [5.74, 6) is 0.184. The van der Waals surface area contributed by atoms with Crippen LogP contribution in [0.5, 0.6) is 0 Å². The van der Waals surface area contributed by atoms with Crippen molar-refractivity contribution in [2.75, 3.05) is 50.7 Å². The Balaban J connectivity index is 1.24. The highest BCUT2D eigenvalue weighted by Crippen LogP contribution is 2.35. The van der Waals surface area contributed by atoms with Crippen LogP contribution in [0.4, 0.5) is 5.69 Å². The van der Waals surface area contributed by atoms with Gasteiger partial charge in [-0.05, 0) is 30.2 Å². The third kappa shape index (κ3) is 4.35. The number of piperazine rings is 1. The molecule has 0 bridgehead atoms. The van der Waals surface area contributed by atoms with E-state index in [1.807, 2.05) is 17.0 Å². The molecule has 28 heavy (non-hydrogen) atoms. The predicted octanol–water partition coefficient (Wildman–Crippen LogP) is 3.31. The fourth-order valence-electron chi connectivity index (χ4n) is 4.03. The Kier molecular flexibility index (Phi) is 6.21. The molecule has 3 heterocycles. The molecule has 1 atom stereocenters. The maximum Gasteiger partial charge on any atom is 0.224 e. The second kappa shape index (κ2) is 8.66. The van der Waals surface area contributed by atoms with Crippen molar-refractivity contribution in [2.24, 2.45) is 0 Å². The summed E-state index contributed by atoms with van der Waals surface area (Å²) in [4.78, 5) is 30.6. The van der Waals surface area contributed by atoms with Crippen LogP contribution in [0.15, 0.2) is 29.8 Å².